The molecule has 1 N–H and O–H groups in total. The Morgan fingerprint density at radius 1 is 1.00 bits per heavy atom. The number of aromatic nitrogens is 2. The van der Waals surface area contributed by atoms with E-state index < -0.39 is 0 Å². The van der Waals surface area contributed by atoms with Crippen molar-refractivity contribution < 1.29 is 9.53 Å². The molecule has 0 aliphatic rings. The molecule has 0 bridgehead atoms. The highest BCUT2D eigenvalue weighted by Gasteiger charge is 2.11. The number of imidazole rings is 1. The van der Waals surface area contributed by atoms with Crippen molar-refractivity contribution in [3.05, 3.63) is 59.9 Å². The summed E-state index contributed by atoms with van der Waals surface area (Å²) in [6, 6.07) is 16.7. The second-order valence-electron chi connectivity index (χ2n) is 9.00. The van der Waals surface area contributed by atoms with E-state index >= 15 is 0 Å². The third-order valence-corrected chi connectivity index (χ3v) is 5.76. The van der Waals surface area contributed by atoms with Gasteiger partial charge in [0, 0.05) is 18.9 Å². The van der Waals surface area contributed by atoms with Gasteiger partial charge in [0.15, 0.2) is 0 Å². The van der Waals surface area contributed by atoms with E-state index in [4.69, 9.17) is 9.72 Å². The molecule has 0 atom stereocenters. The predicted molar refractivity (Wildman–Crippen MR) is 131 cm³/mol. The lowest BCUT2D eigenvalue weighted by Crippen LogP contribution is -2.28. The summed E-state index contributed by atoms with van der Waals surface area (Å²) in [5.74, 6) is 2.71. The Labute approximate surface area is 192 Å². The molecule has 3 rings (SSSR count). The Kier molecular flexibility index (Phi) is 8.72. The number of hydrogen-bond donors (Lipinski definition) is 1. The van der Waals surface area contributed by atoms with Gasteiger partial charge >= 0.3 is 0 Å². The van der Waals surface area contributed by atoms with Gasteiger partial charge in [-0.2, -0.15) is 0 Å². The van der Waals surface area contributed by atoms with Crippen LogP contribution in [0.1, 0.15) is 64.3 Å². The maximum atomic E-state index is 11.7. The van der Waals surface area contributed by atoms with E-state index in [1.807, 2.05) is 19.9 Å². The van der Waals surface area contributed by atoms with Crippen molar-refractivity contribution in [1.29, 1.82) is 0 Å². The second kappa shape index (κ2) is 11.7. The molecule has 0 saturated carbocycles. The maximum Gasteiger partial charge on any atom is 0.222 e. The van der Waals surface area contributed by atoms with Crippen LogP contribution in [0, 0.1) is 5.92 Å². The Morgan fingerprint density at radius 2 is 1.75 bits per heavy atom. The molecule has 0 radical (unpaired) electrons. The molecule has 32 heavy (non-hydrogen) atoms. The number of hydrogen-bond acceptors (Lipinski definition) is 3. The molecule has 0 unspecified atom stereocenters. The number of carbonyl (C=O) groups is 1. The van der Waals surface area contributed by atoms with Gasteiger partial charge in [0.1, 0.15) is 18.2 Å². The highest BCUT2D eigenvalue weighted by atomic mass is 16.5. The largest absolute Gasteiger partial charge is 0.492 e. The minimum absolute atomic E-state index is 0.0465. The molecule has 0 aliphatic carbocycles. The van der Waals surface area contributed by atoms with Gasteiger partial charge in [0.25, 0.3) is 0 Å². The van der Waals surface area contributed by atoms with Crippen molar-refractivity contribution in [3.8, 4) is 5.75 Å². The van der Waals surface area contributed by atoms with Gasteiger partial charge in [-0.1, -0.05) is 58.4 Å². The number of fused-ring (bicyclic) bond motifs is 1. The summed E-state index contributed by atoms with van der Waals surface area (Å²) >= 11 is 0. The number of nitrogens with one attached hydrogen (secondary N) is 1. The van der Waals surface area contributed by atoms with Crippen LogP contribution in [0.2, 0.25) is 0 Å². The zero-order valence-electron chi connectivity index (χ0n) is 19.9. The van der Waals surface area contributed by atoms with Gasteiger partial charge in [0.2, 0.25) is 5.91 Å². The number of unbranched alkanes of at least 4 members (excludes halogenated alkanes) is 2. The first-order valence-electron chi connectivity index (χ1n) is 11.9. The molecule has 0 aliphatic heterocycles. The summed E-state index contributed by atoms with van der Waals surface area (Å²) in [5.41, 5.74) is 3.52. The van der Waals surface area contributed by atoms with Crippen LogP contribution in [0.5, 0.6) is 5.75 Å². The number of nitrogens with zero attached hydrogens (tertiary/aromatic N) is 2. The van der Waals surface area contributed by atoms with Crippen LogP contribution in [0.25, 0.3) is 11.0 Å². The van der Waals surface area contributed by atoms with Crippen LogP contribution < -0.4 is 10.1 Å². The fourth-order valence-corrected chi connectivity index (χ4v) is 3.77. The Hall–Kier alpha value is -2.82. The number of amides is 1. The number of benzene rings is 2. The zero-order valence-corrected chi connectivity index (χ0v) is 19.9. The molecule has 1 amide bonds. The molecule has 1 aromatic heterocycles. The van der Waals surface area contributed by atoms with Crippen LogP contribution in [0.4, 0.5) is 0 Å². The van der Waals surface area contributed by atoms with E-state index in [0.29, 0.717) is 12.5 Å². The molecule has 172 valence electrons. The standard InChI is InChI=1S/C27H37N3O2/c1-20(2)22-13-15-23(16-14-22)32-19-18-30-25-11-8-7-10-24(25)29-26(30)12-6-5-9-17-28-27(31)21(3)4/h7-8,10-11,13-16,20-21H,5-6,9,12,17-19H2,1-4H3,(H,28,31). The van der Waals surface area contributed by atoms with Crippen LogP contribution in [0.3, 0.4) is 0 Å². The minimum Gasteiger partial charge on any atom is -0.492 e. The fourth-order valence-electron chi connectivity index (χ4n) is 3.77. The van der Waals surface area contributed by atoms with E-state index in [2.05, 4.69) is 66.2 Å². The van der Waals surface area contributed by atoms with E-state index in [1.54, 1.807) is 0 Å². The predicted octanol–water partition coefficient (Wildman–Crippen LogP) is 5.72. The topological polar surface area (TPSA) is 56.2 Å². The van der Waals surface area contributed by atoms with Crippen molar-refractivity contribution in [2.24, 2.45) is 5.92 Å². The number of ether oxygens (including phenoxy) is 1. The van der Waals surface area contributed by atoms with Crippen LogP contribution >= 0.6 is 0 Å². The maximum absolute atomic E-state index is 11.7. The third kappa shape index (κ3) is 6.59. The molecule has 3 aromatic rings. The van der Waals surface area contributed by atoms with Gasteiger partial charge in [0.05, 0.1) is 17.6 Å². The van der Waals surface area contributed by atoms with Crippen molar-refractivity contribution >= 4 is 16.9 Å². The summed E-state index contributed by atoms with van der Waals surface area (Å²) in [6.45, 7) is 10.4. The van der Waals surface area contributed by atoms with Crippen molar-refractivity contribution in [2.75, 3.05) is 13.2 Å². The average Bonchev–Trinajstić information content (AvgIpc) is 3.13. The molecule has 0 saturated heterocycles. The average molecular weight is 436 g/mol. The molecular formula is C27H37N3O2. The Morgan fingerprint density at radius 3 is 2.47 bits per heavy atom. The summed E-state index contributed by atoms with van der Waals surface area (Å²) in [5, 5.41) is 2.99. The third-order valence-electron chi connectivity index (χ3n) is 5.76. The number of carbonyl (C=O) groups excluding carboxylic acids is 1. The van der Waals surface area contributed by atoms with E-state index in [9.17, 15) is 4.79 Å². The smallest absolute Gasteiger partial charge is 0.222 e. The fraction of sp³-hybridized carbons (Fsp3) is 0.481. The molecule has 1 heterocycles. The molecule has 0 spiro atoms. The van der Waals surface area contributed by atoms with Gasteiger partial charge in [-0.25, -0.2) is 4.98 Å². The zero-order chi connectivity index (χ0) is 22.9. The summed E-state index contributed by atoms with van der Waals surface area (Å²) in [4.78, 5) is 16.5. The molecular weight excluding hydrogens is 398 g/mol. The van der Waals surface area contributed by atoms with Gasteiger partial charge < -0.3 is 14.6 Å². The number of rotatable bonds is 12. The highest BCUT2D eigenvalue weighted by Crippen LogP contribution is 2.20. The summed E-state index contributed by atoms with van der Waals surface area (Å²) in [7, 11) is 0. The Bertz CT molecular complexity index is 990. The van der Waals surface area contributed by atoms with Crippen LogP contribution in [-0.4, -0.2) is 28.6 Å². The SMILES string of the molecule is CC(C)C(=O)NCCCCCc1nc2ccccc2n1CCOc1ccc(C(C)C)cc1. The van der Waals surface area contributed by atoms with E-state index in [-0.39, 0.29) is 11.8 Å². The lowest BCUT2D eigenvalue weighted by atomic mass is 10.0. The molecule has 2 aromatic carbocycles. The lowest BCUT2D eigenvalue weighted by Gasteiger charge is -2.12. The van der Waals surface area contributed by atoms with Crippen LogP contribution in [-0.2, 0) is 17.8 Å². The second-order valence-corrected chi connectivity index (χ2v) is 9.00. The quantitative estimate of drug-likeness (QED) is 0.370. The van der Waals surface area contributed by atoms with Crippen LogP contribution in [0.15, 0.2) is 48.5 Å². The van der Waals surface area contributed by atoms with E-state index in [1.165, 1.54) is 5.56 Å². The van der Waals surface area contributed by atoms with Gasteiger partial charge in [-0.3, -0.25) is 4.79 Å². The number of aryl methyl sites for hydroxylation is 1. The van der Waals surface area contributed by atoms with Gasteiger partial charge in [-0.15, -0.1) is 0 Å². The molecule has 0 fully saturated rings. The normalized spacial score (nSPS) is 11.4. The molecule has 5 nitrogen and oxygen atoms in total. The summed E-state index contributed by atoms with van der Waals surface area (Å²) < 4.78 is 8.32. The first-order valence-corrected chi connectivity index (χ1v) is 11.9. The minimum atomic E-state index is 0.0465. The van der Waals surface area contributed by atoms with Crippen molar-refractivity contribution in [1.82, 2.24) is 14.9 Å². The first-order chi connectivity index (χ1) is 15.5. The van der Waals surface area contributed by atoms with E-state index in [0.717, 1.165) is 61.4 Å². The first kappa shape index (κ1) is 23.8. The lowest BCUT2D eigenvalue weighted by molar-refractivity contribution is -0.123. The Balaban J connectivity index is 1.54. The summed E-state index contributed by atoms with van der Waals surface area (Å²) in [6.07, 6.45) is 4.04. The highest BCUT2D eigenvalue weighted by molar-refractivity contribution is 5.77. The monoisotopic (exact) mass is 435 g/mol. The van der Waals surface area contributed by atoms with Crippen molar-refractivity contribution in [3.63, 3.8) is 0 Å². The van der Waals surface area contributed by atoms with Crippen molar-refractivity contribution in [2.45, 2.75) is 65.8 Å². The molecule has 5 heteroatoms. The number of para-hydroxylation sites is 2. The van der Waals surface area contributed by atoms with Gasteiger partial charge in [-0.05, 0) is 48.6 Å².